The van der Waals surface area contributed by atoms with Gasteiger partial charge in [-0.25, -0.2) is 4.98 Å². The van der Waals surface area contributed by atoms with Crippen LogP contribution in [-0.4, -0.2) is 20.8 Å². The van der Waals surface area contributed by atoms with Gasteiger partial charge < -0.3 is 5.21 Å². The fourth-order valence-electron chi connectivity index (χ4n) is 1.80. The Morgan fingerprint density at radius 3 is 2.83 bits per heavy atom. The van der Waals surface area contributed by atoms with Crippen LogP contribution in [-0.2, 0) is 0 Å². The molecule has 0 radical (unpaired) electrons. The molecule has 0 saturated heterocycles. The van der Waals surface area contributed by atoms with Crippen LogP contribution in [0.25, 0.3) is 16.2 Å². The number of hydrogen-bond donors (Lipinski definition) is 1. The van der Waals surface area contributed by atoms with Crippen molar-refractivity contribution in [1.82, 2.24) is 9.38 Å². The molecule has 0 unspecified atom stereocenters. The molecule has 0 aliphatic carbocycles. The van der Waals surface area contributed by atoms with Gasteiger partial charge in [0.25, 0.3) is 0 Å². The van der Waals surface area contributed by atoms with Gasteiger partial charge >= 0.3 is 0 Å². The lowest BCUT2D eigenvalue weighted by atomic mass is 10.1. The van der Waals surface area contributed by atoms with Crippen molar-refractivity contribution in [2.24, 2.45) is 5.16 Å². The van der Waals surface area contributed by atoms with Gasteiger partial charge in [0.1, 0.15) is 0 Å². The molecule has 2 heterocycles. The Bertz CT molecular complexity index is 715. The quantitative estimate of drug-likeness (QED) is 0.443. The van der Waals surface area contributed by atoms with Crippen LogP contribution in [0.2, 0.25) is 5.02 Å². The fourth-order valence-corrected chi connectivity index (χ4v) is 2.65. The minimum atomic E-state index is 0.678. The van der Waals surface area contributed by atoms with Gasteiger partial charge in [0.05, 0.1) is 17.6 Å². The van der Waals surface area contributed by atoms with Crippen molar-refractivity contribution in [2.45, 2.75) is 0 Å². The van der Waals surface area contributed by atoms with E-state index in [0.29, 0.717) is 5.02 Å². The smallest absolute Gasteiger partial charge is 0.194 e. The zero-order valence-electron chi connectivity index (χ0n) is 9.12. The van der Waals surface area contributed by atoms with E-state index in [0.717, 1.165) is 21.9 Å². The molecule has 2 aromatic heterocycles. The van der Waals surface area contributed by atoms with Crippen molar-refractivity contribution in [3.8, 4) is 11.3 Å². The topological polar surface area (TPSA) is 49.9 Å². The van der Waals surface area contributed by atoms with Gasteiger partial charge in [-0.2, -0.15) is 0 Å². The first-order valence-electron chi connectivity index (χ1n) is 5.18. The molecule has 0 aliphatic rings. The molecule has 0 atom stereocenters. The zero-order valence-corrected chi connectivity index (χ0v) is 10.7. The van der Waals surface area contributed by atoms with Crippen molar-refractivity contribution in [3.05, 3.63) is 46.6 Å². The summed E-state index contributed by atoms with van der Waals surface area (Å²) in [7, 11) is 0. The number of nitrogens with zero attached hydrogens (tertiary/aromatic N) is 3. The molecule has 3 rings (SSSR count). The minimum absolute atomic E-state index is 0.678. The summed E-state index contributed by atoms with van der Waals surface area (Å²) in [6.07, 6.45) is 3.28. The summed E-state index contributed by atoms with van der Waals surface area (Å²) in [4.78, 5) is 5.38. The Morgan fingerprint density at radius 2 is 2.11 bits per heavy atom. The molecule has 4 nitrogen and oxygen atoms in total. The van der Waals surface area contributed by atoms with E-state index in [1.165, 1.54) is 17.6 Å². The van der Waals surface area contributed by atoms with E-state index in [1.54, 1.807) is 0 Å². The Hall–Kier alpha value is -1.85. The van der Waals surface area contributed by atoms with Crippen LogP contribution >= 0.6 is 22.9 Å². The summed E-state index contributed by atoms with van der Waals surface area (Å²) in [6.45, 7) is 0. The molecule has 0 saturated carbocycles. The molecule has 0 aliphatic heterocycles. The van der Waals surface area contributed by atoms with Gasteiger partial charge in [0.15, 0.2) is 4.96 Å². The first-order chi connectivity index (χ1) is 8.79. The minimum Gasteiger partial charge on any atom is -0.411 e. The highest BCUT2D eigenvalue weighted by Gasteiger charge is 2.13. The molecule has 90 valence electrons. The van der Waals surface area contributed by atoms with Gasteiger partial charge in [-0.1, -0.05) is 28.9 Å². The largest absolute Gasteiger partial charge is 0.411 e. The lowest BCUT2D eigenvalue weighted by Crippen LogP contribution is -1.91. The molecule has 0 fully saturated rings. The first-order valence-corrected chi connectivity index (χ1v) is 6.44. The van der Waals surface area contributed by atoms with Crippen molar-refractivity contribution in [3.63, 3.8) is 0 Å². The molecule has 1 aromatic carbocycles. The number of hydrogen-bond acceptors (Lipinski definition) is 4. The van der Waals surface area contributed by atoms with Gasteiger partial charge in [0.2, 0.25) is 0 Å². The Labute approximate surface area is 112 Å². The van der Waals surface area contributed by atoms with Crippen LogP contribution in [0.5, 0.6) is 0 Å². The molecule has 6 heteroatoms. The summed E-state index contributed by atoms with van der Waals surface area (Å²) in [5, 5.41) is 14.5. The van der Waals surface area contributed by atoms with Gasteiger partial charge in [0, 0.05) is 22.2 Å². The highest BCUT2D eigenvalue weighted by atomic mass is 35.5. The molecule has 1 N–H and O–H groups in total. The van der Waals surface area contributed by atoms with Crippen LogP contribution in [0.4, 0.5) is 0 Å². The number of rotatable bonds is 2. The van der Waals surface area contributed by atoms with Crippen LogP contribution in [0, 0.1) is 0 Å². The van der Waals surface area contributed by atoms with E-state index in [1.807, 2.05) is 40.2 Å². The summed E-state index contributed by atoms with van der Waals surface area (Å²) in [6, 6.07) is 7.40. The molecule has 3 aromatic rings. The fraction of sp³-hybridized carbons (Fsp3) is 0. The average Bonchev–Trinajstić information content (AvgIpc) is 2.93. The Morgan fingerprint density at radius 1 is 1.33 bits per heavy atom. The van der Waals surface area contributed by atoms with E-state index in [2.05, 4.69) is 10.1 Å². The van der Waals surface area contributed by atoms with Crippen molar-refractivity contribution in [1.29, 1.82) is 0 Å². The van der Waals surface area contributed by atoms with Crippen molar-refractivity contribution in [2.75, 3.05) is 0 Å². The summed E-state index contributed by atoms with van der Waals surface area (Å²) >= 11 is 7.40. The Kier molecular flexibility index (Phi) is 2.77. The van der Waals surface area contributed by atoms with E-state index >= 15 is 0 Å². The molecule has 18 heavy (non-hydrogen) atoms. The monoisotopic (exact) mass is 277 g/mol. The van der Waals surface area contributed by atoms with Crippen LogP contribution < -0.4 is 0 Å². The number of imidazole rings is 1. The predicted octanol–water partition coefficient (Wildman–Crippen LogP) is 3.52. The number of aromatic nitrogens is 2. The molecular formula is C12H8ClN3OS. The zero-order chi connectivity index (χ0) is 12.5. The number of halogens is 1. The van der Waals surface area contributed by atoms with Crippen LogP contribution in [0.1, 0.15) is 5.69 Å². The Balaban J connectivity index is 2.24. The second-order valence-electron chi connectivity index (χ2n) is 3.65. The number of fused-ring (bicyclic) bond motifs is 1. The van der Waals surface area contributed by atoms with E-state index in [-0.39, 0.29) is 0 Å². The van der Waals surface area contributed by atoms with E-state index < -0.39 is 0 Å². The molecule has 0 amide bonds. The maximum atomic E-state index is 8.76. The normalized spacial score (nSPS) is 11.6. The lowest BCUT2D eigenvalue weighted by Gasteiger charge is -1.99. The summed E-state index contributed by atoms with van der Waals surface area (Å²) < 4.78 is 1.88. The van der Waals surface area contributed by atoms with Gasteiger partial charge in [-0.05, 0) is 12.1 Å². The standard InChI is InChI=1S/C12H8ClN3OS/c13-9-3-1-8(2-4-9)11-10(7-14-17)16-5-6-18-12(16)15-11/h1-7,17H/b14-7+. The number of oxime groups is 1. The molecule has 0 spiro atoms. The highest BCUT2D eigenvalue weighted by molar-refractivity contribution is 7.15. The maximum Gasteiger partial charge on any atom is 0.194 e. The van der Waals surface area contributed by atoms with E-state index in [9.17, 15) is 0 Å². The molecular weight excluding hydrogens is 270 g/mol. The summed E-state index contributed by atoms with van der Waals surface area (Å²) in [5.41, 5.74) is 2.46. The third-order valence-electron chi connectivity index (χ3n) is 2.60. The second-order valence-corrected chi connectivity index (χ2v) is 4.96. The number of thiazole rings is 1. The SMILES string of the molecule is O/N=C/c1c(-c2ccc(Cl)cc2)nc2sccn12. The maximum absolute atomic E-state index is 8.76. The predicted molar refractivity (Wildman–Crippen MR) is 72.9 cm³/mol. The average molecular weight is 278 g/mol. The van der Waals surface area contributed by atoms with E-state index in [4.69, 9.17) is 16.8 Å². The third-order valence-corrected chi connectivity index (χ3v) is 3.61. The van der Waals surface area contributed by atoms with Crippen LogP contribution in [0.3, 0.4) is 0 Å². The van der Waals surface area contributed by atoms with Gasteiger partial charge in [-0.3, -0.25) is 4.40 Å². The van der Waals surface area contributed by atoms with Crippen LogP contribution in [0.15, 0.2) is 41.0 Å². The second kappa shape index (κ2) is 4.44. The number of benzene rings is 1. The highest BCUT2D eigenvalue weighted by Crippen LogP contribution is 2.26. The van der Waals surface area contributed by atoms with Gasteiger partial charge in [-0.15, -0.1) is 11.3 Å². The summed E-state index contributed by atoms with van der Waals surface area (Å²) in [5.74, 6) is 0. The third kappa shape index (κ3) is 1.77. The van der Waals surface area contributed by atoms with Crippen molar-refractivity contribution < 1.29 is 5.21 Å². The van der Waals surface area contributed by atoms with Crippen molar-refractivity contribution >= 4 is 34.1 Å². The molecule has 0 bridgehead atoms. The lowest BCUT2D eigenvalue weighted by molar-refractivity contribution is 0.321. The first kappa shape index (κ1) is 11.3.